The topological polar surface area (TPSA) is 46.6 Å². The van der Waals surface area contributed by atoms with E-state index in [0.717, 1.165) is 5.56 Å². The predicted octanol–water partition coefficient (Wildman–Crippen LogP) is 3.05. The first-order chi connectivity index (χ1) is 9.93. The lowest BCUT2D eigenvalue weighted by atomic mass is 10.1. The first-order valence-electron chi connectivity index (χ1n) is 7.45. The molecule has 0 fully saturated rings. The van der Waals surface area contributed by atoms with Crippen LogP contribution in [0.25, 0.3) is 0 Å². The monoisotopic (exact) mass is 291 g/mol. The largest absolute Gasteiger partial charge is 0.466 e. The van der Waals surface area contributed by atoms with Crippen LogP contribution in [0.3, 0.4) is 0 Å². The molecule has 1 aromatic carbocycles. The van der Waals surface area contributed by atoms with Crippen molar-refractivity contribution in [2.75, 3.05) is 19.7 Å². The summed E-state index contributed by atoms with van der Waals surface area (Å²) in [5, 5.41) is 0. The molecule has 0 heterocycles. The molecule has 0 aliphatic carbocycles. The molecule has 0 saturated carbocycles. The third-order valence-corrected chi connectivity index (χ3v) is 3.03. The van der Waals surface area contributed by atoms with Gasteiger partial charge in [0, 0.05) is 18.7 Å². The lowest BCUT2D eigenvalue weighted by Gasteiger charge is -2.24. The zero-order chi connectivity index (χ0) is 15.8. The zero-order valence-electron chi connectivity index (χ0n) is 13.4. The number of benzene rings is 1. The number of amides is 1. The van der Waals surface area contributed by atoms with Crippen LogP contribution in [0.4, 0.5) is 0 Å². The minimum absolute atomic E-state index is 0.0308. The summed E-state index contributed by atoms with van der Waals surface area (Å²) in [5.74, 6) is 0.0564. The summed E-state index contributed by atoms with van der Waals surface area (Å²) in [4.78, 5) is 25.8. The van der Waals surface area contributed by atoms with Crippen LogP contribution < -0.4 is 0 Å². The molecule has 0 spiro atoms. The van der Waals surface area contributed by atoms with E-state index in [1.165, 1.54) is 0 Å². The highest BCUT2D eigenvalue weighted by atomic mass is 16.5. The quantitative estimate of drug-likeness (QED) is 0.725. The molecule has 0 aromatic heterocycles. The van der Waals surface area contributed by atoms with Gasteiger partial charge in [0.05, 0.1) is 13.0 Å². The van der Waals surface area contributed by atoms with Gasteiger partial charge in [0.25, 0.3) is 5.91 Å². The Hall–Kier alpha value is -1.84. The van der Waals surface area contributed by atoms with E-state index >= 15 is 0 Å². The van der Waals surface area contributed by atoms with E-state index in [0.29, 0.717) is 31.2 Å². The molecule has 0 saturated heterocycles. The lowest BCUT2D eigenvalue weighted by Crippen LogP contribution is -2.36. The van der Waals surface area contributed by atoms with E-state index in [1.807, 2.05) is 31.2 Å². The Morgan fingerprint density at radius 3 is 2.57 bits per heavy atom. The normalized spacial score (nSPS) is 10.5. The van der Waals surface area contributed by atoms with Gasteiger partial charge in [-0.15, -0.1) is 0 Å². The Kier molecular flexibility index (Phi) is 6.92. The Morgan fingerprint density at radius 2 is 2.00 bits per heavy atom. The van der Waals surface area contributed by atoms with Crippen LogP contribution in [0.5, 0.6) is 0 Å². The van der Waals surface area contributed by atoms with Gasteiger partial charge in [-0.2, -0.15) is 0 Å². The molecule has 1 rings (SSSR count). The highest BCUT2D eigenvalue weighted by Gasteiger charge is 2.18. The smallest absolute Gasteiger partial charge is 0.307 e. The second-order valence-electron chi connectivity index (χ2n) is 5.57. The number of esters is 1. The number of nitrogens with zero attached hydrogens (tertiary/aromatic N) is 1. The number of carbonyl (C=O) groups is 2. The number of hydrogen-bond donors (Lipinski definition) is 0. The molecule has 0 radical (unpaired) electrons. The van der Waals surface area contributed by atoms with Crippen molar-refractivity contribution in [3.8, 4) is 0 Å². The van der Waals surface area contributed by atoms with Crippen molar-refractivity contribution in [1.29, 1.82) is 0 Å². The Balaban J connectivity index is 2.76. The molecular weight excluding hydrogens is 266 g/mol. The second kappa shape index (κ2) is 8.45. The van der Waals surface area contributed by atoms with Crippen molar-refractivity contribution in [1.82, 2.24) is 4.90 Å². The van der Waals surface area contributed by atoms with Gasteiger partial charge in [-0.25, -0.2) is 0 Å². The Labute approximate surface area is 127 Å². The van der Waals surface area contributed by atoms with Crippen LogP contribution in [0.1, 0.15) is 43.1 Å². The van der Waals surface area contributed by atoms with Gasteiger partial charge < -0.3 is 9.64 Å². The van der Waals surface area contributed by atoms with E-state index < -0.39 is 0 Å². The van der Waals surface area contributed by atoms with Gasteiger partial charge in [0.15, 0.2) is 0 Å². The molecule has 4 nitrogen and oxygen atoms in total. The van der Waals surface area contributed by atoms with Crippen LogP contribution in [-0.2, 0) is 9.53 Å². The summed E-state index contributed by atoms with van der Waals surface area (Å²) in [6, 6.07) is 7.52. The predicted molar refractivity (Wildman–Crippen MR) is 83.2 cm³/mol. The molecule has 0 atom stereocenters. The van der Waals surface area contributed by atoms with Gasteiger partial charge in [0.2, 0.25) is 0 Å². The molecule has 0 aliphatic rings. The number of ether oxygens (including phenoxy) is 1. The minimum Gasteiger partial charge on any atom is -0.466 e. The zero-order valence-corrected chi connectivity index (χ0v) is 13.4. The van der Waals surface area contributed by atoms with Gasteiger partial charge in [0.1, 0.15) is 0 Å². The van der Waals surface area contributed by atoms with Crippen molar-refractivity contribution in [2.24, 2.45) is 5.92 Å². The molecule has 0 unspecified atom stereocenters. The number of aryl methyl sites for hydroxylation is 1. The maximum absolute atomic E-state index is 12.6. The van der Waals surface area contributed by atoms with Crippen molar-refractivity contribution in [3.63, 3.8) is 0 Å². The number of carbonyl (C=O) groups excluding carboxylic acids is 2. The van der Waals surface area contributed by atoms with Crippen LogP contribution in [-0.4, -0.2) is 36.5 Å². The third kappa shape index (κ3) is 5.98. The maximum atomic E-state index is 12.6. The fraction of sp³-hybridized carbons (Fsp3) is 0.529. The van der Waals surface area contributed by atoms with Crippen LogP contribution >= 0.6 is 0 Å². The summed E-state index contributed by atoms with van der Waals surface area (Å²) in [7, 11) is 0. The third-order valence-electron chi connectivity index (χ3n) is 3.03. The number of hydrogen-bond acceptors (Lipinski definition) is 3. The van der Waals surface area contributed by atoms with Crippen molar-refractivity contribution in [2.45, 2.75) is 34.1 Å². The molecule has 21 heavy (non-hydrogen) atoms. The van der Waals surface area contributed by atoms with Gasteiger partial charge in [-0.3, -0.25) is 9.59 Å². The molecule has 1 amide bonds. The summed E-state index contributed by atoms with van der Waals surface area (Å²) in [6.07, 6.45) is 0.234. The van der Waals surface area contributed by atoms with Gasteiger partial charge in [-0.1, -0.05) is 31.5 Å². The van der Waals surface area contributed by atoms with E-state index in [-0.39, 0.29) is 18.3 Å². The van der Waals surface area contributed by atoms with E-state index in [2.05, 4.69) is 13.8 Å². The highest BCUT2D eigenvalue weighted by Crippen LogP contribution is 2.10. The van der Waals surface area contributed by atoms with Crippen LogP contribution in [0, 0.1) is 12.8 Å². The van der Waals surface area contributed by atoms with Crippen molar-refractivity contribution < 1.29 is 14.3 Å². The Bertz CT molecular complexity index is 483. The molecule has 1 aromatic rings. The molecule has 0 N–H and O–H groups in total. The fourth-order valence-electron chi connectivity index (χ4n) is 2.14. The summed E-state index contributed by atoms with van der Waals surface area (Å²) in [5.41, 5.74) is 1.72. The van der Waals surface area contributed by atoms with Crippen molar-refractivity contribution >= 4 is 11.9 Å². The molecule has 0 bridgehead atoms. The average molecular weight is 291 g/mol. The molecular formula is C17H25NO3. The first-order valence-corrected chi connectivity index (χ1v) is 7.45. The van der Waals surface area contributed by atoms with Gasteiger partial charge >= 0.3 is 5.97 Å². The van der Waals surface area contributed by atoms with Gasteiger partial charge in [-0.05, 0) is 31.9 Å². The minimum atomic E-state index is -0.261. The first kappa shape index (κ1) is 17.2. The van der Waals surface area contributed by atoms with Crippen molar-refractivity contribution in [3.05, 3.63) is 35.4 Å². The summed E-state index contributed by atoms with van der Waals surface area (Å²) in [6.45, 7) is 9.25. The standard InChI is InChI=1S/C17H25NO3/c1-5-21-16(19)9-10-18(12-13(2)3)17(20)15-8-6-7-14(4)11-15/h6-8,11,13H,5,9-10,12H2,1-4H3. The maximum Gasteiger partial charge on any atom is 0.307 e. The fourth-order valence-corrected chi connectivity index (χ4v) is 2.14. The Morgan fingerprint density at radius 1 is 1.29 bits per heavy atom. The lowest BCUT2D eigenvalue weighted by molar-refractivity contribution is -0.143. The van der Waals surface area contributed by atoms with Crippen LogP contribution in [0.2, 0.25) is 0 Å². The van der Waals surface area contributed by atoms with E-state index in [4.69, 9.17) is 4.74 Å². The molecule has 0 aliphatic heterocycles. The SMILES string of the molecule is CCOC(=O)CCN(CC(C)C)C(=O)c1cccc(C)c1. The molecule has 4 heteroatoms. The van der Waals surface area contributed by atoms with Crippen LogP contribution in [0.15, 0.2) is 24.3 Å². The van der Waals surface area contributed by atoms with E-state index in [1.54, 1.807) is 11.8 Å². The van der Waals surface area contributed by atoms with E-state index in [9.17, 15) is 9.59 Å². The molecule has 116 valence electrons. The number of rotatable bonds is 7. The summed E-state index contributed by atoms with van der Waals surface area (Å²) < 4.78 is 4.92. The highest BCUT2D eigenvalue weighted by molar-refractivity contribution is 5.94. The second-order valence-corrected chi connectivity index (χ2v) is 5.57. The average Bonchev–Trinajstić information content (AvgIpc) is 2.42. The summed E-state index contributed by atoms with van der Waals surface area (Å²) >= 11 is 0.